The van der Waals surface area contributed by atoms with E-state index in [-0.39, 0.29) is 5.76 Å². The van der Waals surface area contributed by atoms with Crippen molar-refractivity contribution >= 4 is 0 Å². The lowest BCUT2D eigenvalue weighted by atomic mass is 10.6. The first-order chi connectivity index (χ1) is 3.43. The SMILES string of the molecule is FCc1cnco1. The Kier molecular flexibility index (Phi) is 1.06. The van der Waals surface area contributed by atoms with Gasteiger partial charge in [-0.1, -0.05) is 0 Å². The number of hydrogen-bond donors (Lipinski definition) is 0. The Balaban J connectivity index is 2.76. The van der Waals surface area contributed by atoms with Gasteiger partial charge in [0.05, 0.1) is 6.20 Å². The molecule has 0 aromatic carbocycles. The predicted octanol–water partition coefficient (Wildman–Crippen LogP) is 1.14. The van der Waals surface area contributed by atoms with E-state index in [1.54, 1.807) is 0 Å². The zero-order valence-electron chi connectivity index (χ0n) is 3.60. The lowest BCUT2D eigenvalue weighted by Gasteiger charge is -1.74. The Morgan fingerprint density at radius 1 is 1.86 bits per heavy atom. The lowest BCUT2D eigenvalue weighted by Crippen LogP contribution is -1.65. The molecule has 0 spiro atoms. The van der Waals surface area contributed by atoms with Crippen molar-refractivity contribution in [3.63, 3.8) is 0 Å². The van der Waals surface area contributed by atoms with Gasteiger partial charge in [0.2, 0.25) is 0 Å². The van der Waals surface area contributed by atoms with E-state index in [0.29, 0.717) is 0 Å². The van der Waals surface area contributed by atoms with Crippen LogP contribution in [0.3, 0.4) is 0 Å². The van der Waals surface area contributed by atoms with E-state index < -0.39 is 6.67 Å². The van der Waals surface area contributed by atoms with Gasteiger partial charge in [-0.25, -0.2) is 9.37 Å². The van der Waals surface area contributed by atoms with Crippen LogP contribution >= 0.6 is 0 Å². The normalized spacial score (nSPS) is 9.29. The van der Waals surface area contributed by atoms with Crippen LogP contribution in [0.15, 0.2) is 17.0 Å². The summed E-state index contributed by atoms with van der Waals surface area (Å²) in [7, 11) is 0. The monoisotopic (exact) mass is 101 g/mol. The van der Waals surface area contributed by atoms with Crippen molar-refractivity contribution in [2.24, 2.45) is 0 Å². The van der Waals surface area contributed by atoms with E-state index in [0.717, 1.165) is 0 Å². The van der Waals surface area contributed by atoms with Crippen molar-refractivity contribution in [3.05, 3.63) is 18.4 Å². The third kappa shape index (κ3) is 0.765. The average Bonchev–Trinajstić information content (AvgIpc) is 2.14. The highest BCUT2D eigenvalue weighted by molar-refractivity contribution is 4.83. The second kappa shape index (κ2) is 1.73. The molecule has 0 amide bonds. The molecule has 0 aliphatic carbocycles. The molecule has 0 atom stereocenters. The fourth-order valence-electron chi connectivity index (χ4n) is 0.308. The fourth-order valence-corrected chi connectivity index (χ4v) is 0.308. The van der Waals surface area contributed by atoms with E-state index in [9.17, 15) is 4.39 Å². The first-order valence-electron chi connectivity index (χ1n) is 1.87. The van der Waals surface area contributed by atoms with E-state index in [1.165, 1.54) is 12.6 Å². The molecule has 0 unspecified atom stereocenters. The van der Waals surface area contributed by atoms with Crippen LogP contribution in [0.4, 0.5) is 4.39 Å². The fraction of sp³-hybridized carbons (Fsp3) is 0.250. The molecule has 0 fully saturated rings. The molecule has 0 aliphatic rings. The molecule has 0 bridgehead atoms. The third-order valence-corrected chi connectivity index (χ3v) is 0.615. The van der Waals surface area contributed by atoms with E-state index in [2.05, 4.69) is 9.40 Å². The van der Waals surface area contributed by atoms with Crippen molar-refractivity contribution < 1.29 is 8.81 Å². The maximum absolute atomic E-state index is 11.4. The average molecular weight is 101 g/mol. The quantitative estimate of drug-likeness (QED) is 0.530. The molecule has 1 heterocycles. The highest BCUT2D eigenvalue weighted by Crippen LogP contribution is 1.96. The molecule has 2 nitrogen and oxygen atoms in total. The largest absolute Gasteiger partial charge is 0.446 e. The van der Waals surface area contributed by atoms with Crippen molar-refractivity contribution in [2.75, 3.05) is 0 Å². The Bertz CT molecular complexity index is 126. The number of nitrogens with zero attached hydrogens (tertiary/aromatic N) is 1. The highest BCUT2D eigenvalue weighted by Gasteiger charge is 1.89. The Morgan fingerprint density at radius 2 is 2.71 bits per heavy atom. The van der Waals surface area contributed by atoms with Crippen LogP contribution in [0.1, 0.15) is 5.76 Å². The van der Waals surface area contributed by atoms with Crippen molar-refractivity contribution in [1.29, 1.82) is 0 Å². The molecule has 0 saturated carbocycles. The third-order valence-electron chi connectivity index (χ3n) is 0.615. The minimum atomic E-state index is -0.569. The zero-order chi connectivity index (χ0) is 5.11. The molecule has 1 rings (SSSR count). The van der Waals surface area contributed by atoms with Gasteiger partial charge in [0.15, 0.2) is 12.2 Å². The molecule has 7 heavy (non-hydrogen) atoms. The summed E-state index contributed by atoms with van der Waals surface area (Å²) in [5.74, 6) is 0.278. The van der Waals surface area contributed by atoms with Crippen LogP contribution in [0.5, 0.6) is 0 Å². The van der Waals surface area contributed by atoms with Crippen LogP contribution in [0.25, 0.3) is 0 Å². The number of hydrogen-bond acceptors (Lipinski definition) is 2. The molecular formula is C4H4FNO. The van der Waals surface area contributed by atoms with E-state index >= 15 is 0 Å². The van der Waals surface area contributed by atoms with Gasteiger partial charge < -0.3 is 4.42 Å². The predicted molar refractivity (Wildman–Crippen MR) is 21.3 cm³/mol. The standard InChI is InChI=1S/C4H4FNO/c5-1-4-2-6-3-7-4/h2-3H,1H2. The van der Waals surface area contributed by atoms with Gasteiger partial charge in [0.1, 0.15) is 6.67 Å². The number of aromatic nitrogens is 1. The van der Waals surface area contributed by atoms with Gasteiger partial charge in [-0.05, 0) is 0 Å². The summed E-state index contributed by atoms with van der Waals surface area (Å²) in [6.07, 6.45) is 2.55. The molecule has 1 aromatic heterocycles. The minimum Gasteiger partial charge on any atom is -0.446 e. The Hall–Kier alpha value is -0.860. The summed E-state index contributed by atoms with van der Waals surface area (Å²) in [4.78, 5) is 3.49. The van der Waals surface area contributed by atoms with Crippen LogP contribution in [-0.4, -0.2) is 4.98 Å². The molecule has 38 valence electrons. The second-order valence-electron chi connectivity index (χ2n) is 1.10. The summed E-state index contributed by atoms with van der Waals surface area (Å²) in [5, 5.41) is 0. The Morgan fingerprint density at radius 3 is 3.00 bits per heavy atom. The number of rotatable bonds is 1. The smallest absolute Gasteiger partial charge is 0.180 e. The van der Waals surface area contributed by atoms with Gasteiger partial charge in [0.25, 0.3) is 0 Å². The van der Waals surface area contributed by atoms with Crippen LogP contribution in [0, 0.1) is 0 Å². The van der Waals surface area contributed by atoms with Crippen LogP contribution in [0.2, 0.25) is 0 Å². The molecule has 0 radical (unpaired) electrons. The molecule has 3 heteroatoms. The highest BCUT2D eigenvalue weighted by atomic mass is 19.1. The maximum atomic E-state index is 11.4. The lowest BCUT2D eigenvalue weighted by molar-refractivity contribution is 0.392. The molecule has 0 N–H and O–H groups in total. The van der Waals surface area contributed by atoms with Gasteiger partial charge in [0, 0.05) is 0 Å². The second-order valence-corrected chi connectivity index (χ2v) is 1.10. The molecule has 0 aliphatic heterocycles. The summed E-state index contributed by atoms with van der Waals surface area (Å²) in [5.41, 5.74) is 0. The summed E-state index contributed by atoms with van der Waals surface area (Å²) in [6.45, 7) is -0.569. The number of oxazole rings is 1. The van der Waals surface area contributed by atoms with Gasteiger partial charge in [-0.15, -0.1) is 0 Å². The number of halogens is 1. The summed E-state index contributed by atoms with van der Waals surface area (Å²) >= 11 is 0. The maximum Gasteiger partial charge on any atom is 0.180 e. The summed E-state index contributed by atoms with van der Waals surface area (Å²) in [6, 6.07) is 0. The zero-order valence-corrected chi connectivity index (χ0v) is 3.60. The van der Waals surface area contributed by atoms with Gasteiger partial charge >= 0.3 is 0 Å². The van der Waals surface area contributed by atoms with E-state index in [4.69, 9.17) is 0 Å². The van der Waals surface area contributed by atoms with Crippen molar-refractivity contribution in [3.8, 4) is 0 Å². The summed E-state index contributed by atoms with van der Waals surface area (Å²) < 4.78 is 15.9. The Labute approximate surface area is 40.0 Å². The van der Waals surface area contributed by atoms with E-state index in [1.807, 2.05) is 0 Å². The first-order valence-corrected chi connectivity index (χ1v) is 1.87. The minimum absolute atomic E-state index is 0.278. The van der Waals surface area contributed by atoms with Crippen molar-refractivity contribution in [2.45, 2.75) is 6.67 Å². The van der Waals surface area contributed by atoms with Crippen LogP contribution in [-0.2, 0) is 6.67 Å². The van der Waals surface area contributed by atoms with Gasteiger partial charge in [-0.2, -0.15) is 0 Å². The number of alkyl halides is 1. The molecule has 1 aromatic rings. The van der Waals surface area contributed by atoms with Gasteiger partial charge in [-0.3, -0.25) is 0 Å². The first kappa shape index (κ1) is 4.30. The van der Waals surface area contributed by atoms with Crippen molar-refractivity contribution in [1.82, 2.24) is 4.98 Å². The topological polar surface area (TPSA) is 26.0 Å². The van der Waals surface area contributed by atoms with Crippen LogP contribution < -0.4 is 0 Å². The molecular weight excluding hydrogens is 97.0 g/mol. The molecule has 0 saturated heterocycles.